The molecular formula is C48H92N8O5. The van der Waals surface area contributed by atoms with Gasteiger partial charge >= 0.3 is 0 Å². The minimum Gasteiger partial charge on any atom is -0.370 e. The highest BCUT2D eigenvalue weighted by Gasteiger charge is 2.17. The predicted octanol–water partition coefficient (Wildman–Crippen LogP) is 8.37. The van der Waals surface area contributed by atoms with Crippen molar-refractivity contribution in [3.63, 3.8) is 0 Å². The van der Waals surface area contributed by atoms with E-state index in [2.05, 4.69) is 34.8 Å². The fourth-order valence-corrected chi connectivity index (χ4v) is 7.37. The lowest BCUT2D eigenvalue weighted by Crippen LogP contribution is -2.44. The summed E-state index contributed by atoms with van der Waals surface area (Å²) in [6, 6.07) is -0.941. The van der Waals surface area contributed by atoms with Crippen molar-refractivity contribution >= 4 is 35.5 Å². The first-order chi connectivity index (χ1) is 29.6. The van der Waals surface area contributed by atoms with Crippen LogP contribution in [0, 0.1) is 0 Å². The number of hydrogen-bond acceptors (Lipinski definition) is 6. The Morgan fingerprint density at radius 2 is 0.885 bits per heavy atom. The Bertz CT molecular complexity index is 1130. The Balaban J connectivity index is 4.65. The first kappa shape index (κ1) is 57.4. The van der Waals surface area contributed by atoms with Gasteiger partial charge in [0.2, 0.25) is 29.5 Å². The zero-order chi connectivity index (χ0) is 45.0. The van der Waals surface area contributed by atoms with Gasteiger partial charge in [-0.2, -0.15) is 0 Å². The van der Waals surface area contributed by atoms with Gasteiger partial charge in [0, 0.05) is 57.7 Å². The number of nitrogens with one attached hydrogen (secondary N) is 3. The van der Waals surface area contributed by atoms with E-state index in [4.69, 9.17) is 17.2 Å². The second-order valence-corrected chi connectivity index (χ2v) is 17.0. The Labute approximate surface area is 371 Å². The van der Waals surface area contributed by atoms with E-state index in [-0.39, 0.29) is 36.6 Å². The van der Waals surface area contributed by atoms with Crippen LogP contribution in [-0.2, 0) is 24.0 Å². The molecule has 0 rings (SSSR count). The van der Waals surface area contributed by atoms with E-state index >= 15 is 0 Å². The molecule has 0 fully saturated rings. The van der Waals surface area contributed by atoms with Crippen LogP contribution in [0.5, 0.6) is 0 Å². The van der Waals surface area contributed by atoms with Crippen molar-refractivity contribution in [2.24, 2.45) is 22.2 Å². The summed E-state index contributed by atoms with van der Waals surface area (Å²) in [4.78, 5) is 68.3. The van der Waals surface area contributed by atoms with Crippen LogP contribution in [0.3, 0.4) is 0 Å². The number of nitrogens with two attached hydrogens (primary N) is 3. The van der Waals surface area contributed by atoms with Gasteiger partial charge in [-0.1, -0.05) is 168 Å². The summed E-state index contributed by atoms with van der Waals surface area (Å²) < 4.78 is 0. The summed E-state index contributed by atoms with van der Waals surface area (Å²) in [6.07, 6.45) is 37.7. The number of rotatable bonds is 44. The van der Waals surface area contributed by atoms with Crippen molar-refractivity contribution in [3.8, 4) is 0 Å². The molecular weight excluding hydrogens is 769 g/mol. The predicted molar refractivity (Wildman–Crippen MR) is 253 cm³/mol. The molecule has 0 aromatic carbocycles. The van der Waals surface area contributed by atoms with Crippen LogP contribution in [0.4, 0.5) is 0 Å². The molecule has 0 bridgehead atoms. The van der Waals surface area contributed by atoms with Crippen LogP contribution in [0.25, 0.3) is 0 Å². The lowest BCUT2D eigenvalue weighted by atomic mass is 10.0. The van der Waals surface area contributed by atoms with Crippen molar-refractivity contribution in [3.05, 3.63) is 12.2 Å². The lowest BCUT2D eigenvalue weighted by molar-refractivity contribution is -0.126. The van der Waals surface area contributed by atoms with E-state index in [9.17, 15) is 24.0 Å². The maximum absolute atomic E-state index is 13.3. The molecule has 0 unspecified atom stereocenters. The van der Waals surface area contributed by atoms with Crippen LogP contribution < -0.4 is 33.2 Å². The van der Waals surface area contributed by atoms with Crippen LogP contribution in [0.1, 0.15) is 219 Å². The normalized spacial score (nSPS) is 11.6. The first-order valence-electron chi connectivity index (χ1n) is 24.8. The summed E-state index contributed by atoms with van der Waals surface area (Å²) >= 11 is 0. The van der Waals surface area contributed by atoms with Gasteiger partial charge in [-0.25, -0.2) is 0 Å². The van der Waals surface area contributed by atoms with E-state index in [0.717, 1.165) is 44.6 Å². The number of carbonyl (C=O) groups excluding carboxylic acids is 5. The fourth-order valence-electron chi connectivity index (χ4n) is 7.37. The minimum atomic E-state index is -0.941. The molecule has 354 valence electrons. The molecule has 61 heavy (non-hydrogen) atoms. The van der Waals surface area contributed by atoms with Gasteiger partial charge in [0.25, 0.3) is 0 Å². The van der Waals surface area contributed by atoms with Crippen molar-refractivity contribution in [1.29, 1.82) is 0 Å². The molecule has 0 aliphatic heterocycles. The monoisotopic (exact) mass is 861 g/mol. The third kappa shape index (κ3) is 40.2. The summed E-state index contributed by atoms with van der Waals surface area (Å²) in [7, 11) is 0. The maximum Gasteiger partial charge on any atom is 0.246 e. The van der Waals surface area contributed by atoms with Gasteiger partial charge in [-0.05, 0) is 38.5 Å². The molecule has 0 aliphatic rings. The van der Waals surface area contributed by atoms with E-state index in [1.807, 2.05) is 0 Å². The Hall–Kier alpha value is -3.64. The minimum absolute atomic E-state index is 0.0195. The third-order valence-corrected chi connectivity index (χ3v) is 11.2. The molecule has 0 radical (unpaired) electrons. The first-order valence-corrected chi connectivity index (χ1v) is 24.8. The van der Waals surface area contributed by atoms with Gasteiger partial charge in [0.15, 0.2) is 5.96 Å². The molecule has 0 spiro atoms. The average molecular weight is 861 g/mol. The summed E-state index contributed by atoms with van der Waals surface area (Å²) in [5.41, 5.74) is 16.1. The van der Waals surface area contributed by atoms with Crippen molar-refractivity contribution < 1.29 is 24.0 Å². The standard InChI is InChI=1S/C48H92N8O5/c1-3-5-7-9-11-13-15-17-19-21-23-25-27-33-43(57)52-38-30-40-56(46(60)36-35-45(59)55-42(47(49)61)32-29-37-54-48(50)51)41-31-39-53-44(58)34-28-26-24-22-20-18-16-14-12-10-8-6-4-2/h35-36,42H,3-34,37-41H2,1-2H3,(H2,49,61)(H,52,57)(H,53,58)(H,55,59)(H4,50,51,54)/b36-35-/t42-/m0/s1. The number of aliphatic imine (C=N–C) groups is 1. The number of guanidine groups is 1. The second kappa shape index (κ2) is 43.0. The largest absolute Gasteiger partial charge is 0.370 e. The van der Waals surface area contributed by atoms with Crippen LogP contribution in [0.2, 0.25) is 0 Å². The number of unbranched alkanes of at least 4 members (excludes halogenated alkanes) is 24. The van der Waals surface area contributed by atoms with Gasteiger partial charge in [-0.15, -0.1) is 0 Å². The molecule has 0 aliphatic carbocycles. The number of hydrogen-bond donors (Lipinski definition) is 6. The molecule has 0 saturated carbocycles. The van der Waals surface area contributed by atoms with Crippen molar-refractivity contribution in [1.82, 2.24) is 20.9 Å². The summed E-state index contributed by atoms with van der Waals surface area (Å²) in [5.74, 6) is -1.73. The topological polar surface area (TPSA) is 215 Å². The van der Waals surface area contributed by atoms with Gasteiger partial charge in [0.1, 0.15) is 6.04 Å². The quantitative estimate of drug-likeness (QED) is 0.0152. The Kier molecular flexibility index (Phi) is 40.5. The number of carbonyl (C=O) groups is 5. The van der Waals surface area contributed by atoms with E-state index < -0.39 is 17.9 Å². The van der Waals surface area contributed by atoms with Gasteiger partial charge in [-0.3, -0.25) is 29.0 Å². The van der Waals surface area contributed by atoms with E-state index in [0.29, 0.717) is 58.3 Å². The van der Waals surface area contributed by atoms with Gasteiger partial charge in [0.05, 0.1) is 0 Å². The number of primary amides is 1. The van der Waals surface area contributed by atoms with Crippen LogP contribution in [-0.4, -0.2) is 79.2 Å². The van der Waals surface area contributed by atoms with Crippen molar-refractivity contribution in [2.75, 3.05) is 32.7 Å². The highest BCUT2D eigenvalue weighted by Crippen LogP contribution is 2.14. The Morgan fingerprint density at radius 1 is 0.508 bits per heavy atom. The highest BCUT2D eigenvalue weighted by molar-refractivity contribution is 5.98. The SMILES string of the molecule is CCCCCCCCCCCCCCCC(=O)NCCCN(CCCNC(=O)CCCCCCCCCCCCCCC)C(=O)/C=C\C(=O)N[C@@H](CCCN=C(N)N)C(N)=O. The summed E-state index contributed by atoms with van der Waals surface area (Å²) in [5, 5.41) is 8.50. The lowest BCUT2D eigenvalue weighted by Gasteiger charge is -2.21. The third-order valence-electron chi connectivity index (χ3n) is 11.2. The number of nitrogens with zero attached hydrogens (tertiary/aromatic N) is 2. The molecule has 13 nitrogen and oxygen atoms in total. The maximum atomic E-state index is 13.3. The molecule has 0 aromatic rings. The molecule has 0 aromatic heterocycles. The second-order valence-electron chi connectivity index (χ2n) is 17.0. The van der Waals surface area contributed by atoms with Crippen molar-refractivity contribution in [2.45, 2.75) is 225 Å². The van der Waals surface area contributed by atoms with Crippen LogP contribution in [0.15, 0.2) is 17.1 Å². The highest BCUT2D eigenvalue weighted by atomic mass is 16.2. The van der Waals surface area contributed by atoms with E-state index in [1.165, 1.54) is 134 Å². The molecule has 0 heterocycles. The van der Waals surface area contributed by atoms with Gasteiger partial charge < -0.3 is 38.1 Å². The average Bonchev–Trinajstić information content (AvgIpc) is 3.23. The number of amides is 5. The fraction of sp³-hybridized carbons (Fsp3) is 0.833. The molecule has 1 atom stereocenters. The molecule has 9 N–H and O–H groups in total. The smallest absolute Gasteiger partial charge is 0.246 e. The zero-order valence-corrected chi connectivity index (χ0v) is 39.1. The van der Waals surface area contributed by atoms with Crippen LogP contribution >= 0.6 is 0 Å². The summed E-state index contributed by atoms with van der Waals surface area (Å²) in [6.45, 7) is 6.39. The zero-order valence-electron chi connectivity index (χ0n) is 39.1. The van der Waals surface area contributed by atoms with E-state index in [1.54, 1.807) is 4.90 Å². The molecule has 0 saturated heterocycles. The Morgan fingerprint density at radius 3 is 1.25 bits per heavy atom. The molecule has 5 amide bonds. The molecule has 13 heteroatoms.